The van der Waals surface area contributed by atoms with E-state index in [9.17, 15) is 0 Å². The van der Waals surface area contributed by atoms with Crippen molar-refractivity contribution >= 4 is 0 Å². The summed E-state index contributed by atoms with van der Waals surface area (Å²) < 4.78 is 0. The van der Waals surface area contributed by atoms with Gasteiger partial charge in [-0.1, -0.05) is 54.4 Å². The summed E-state index contributed by atoms with van der Waals surface area (Å²) in [4.78, 5) is 0. The summed E-state index contributed by atoms with van der Waals surface area (Å²) >= 11 is 0. The Hall–Kier alpha value is -1.56. The summed E-state index contributed by atoms with van der Waals surface area (Å²) in [6.07, 6.45) is 0. The molecule has 0 aliphatic heterocycles. The lowest BCUT2D eigenvalue weighted by Gasteiger charge is -2.18. The van der Waals surface area contributed by atoms with E-state index in [1.165, 1.54) is 33.4 Å². The molecule has 0 aromatic heterocycles. The number of benzene rings is 2. The van der Waals surface area contributed by atoms with Crippen LogP contribution in [0.3, 0.4) is 0 Å². The summed E-state index contributed by atoms with van der Waals surface area (Å²) in [5.74, 6) is 0.463. The maximum atomic E-state index is 2.32. The molecule has 0 unspecified atom stereocenters. The standard InChI is InChI=1S/C18H22/c1-12-6-8-14(3)17(10-12)16(5)18-11-13(2)7-9-15(18)4/h6-11,16H,1-5H3. The summed E-state index contributed by atoms with van der Waals surface area (Å²) in [6.45, 7) is 11.0. The molecule has 0 aliphatic rings. The predicted octanol–water partition coefficient (Wildman–Crippen LogP) is 5.07. The minimum absolute atomic E-state index is 0.463. The Morgan fingerprint density at radius 3 is 1.44 bits per heavy atom. The molecule has 0 N–H and O–H groups in total. The number of hydrogen-bond donors (Lipinski definition) is 0. The molecular formula is C18H22. The third-order valence-corrected chi connectivity index (χ3v) is 3.80. The Bertz CT molecular complexity index is 513. The molecule has 0 fully saturated rings. The van der Waals surface area contributed by atoms with Crippen LogP contribution in [-0.4, -0.2) is 0 Å². The van der Waals surface area contributed by atoms with Gasteiger partial charge in [0.05, 0.1) is 0 Å². The Kier molecular flexibility index (Phi) is 3.56. The quantitative estimate of drug-likeness (QED) is 0.685. The normalized spacial score (nSPS) is 11.0. The van der Waals surface area contributed by atoms with Crippen molar-refractivity contribution in [3.8, 4) is 0 Å². The topological polar surface area (TPSA) is 0 Å². The van der Waals surface area contributed by atoms with Crippen LogP contribution in [0.5, 0.6) is 0 Å². The van der Waals surface area contributed by atoms with Crippen molar-refractivity contribution in [3.63, 3.8) is 0 Å². The highest BCUT2D eigenvalue weighted by molar-refractivity contribution is 5.43. The molecule has 0 heterocycles. The summed E-state index contributed by atoms with van der Waals surface area (Å²) in [5.41, 5.74) is 8.34. The van der Waals surface area contributed by atoms with Gasteiger partial charge in [0.1, 0.15) is 0 Å². The third-order valence-electron chi connectivity index (χ3n) is 3.80. The fourth-order valence-electron chi connectivity index (χ4n) is 2.62. The molecule has 0 spiro atoms. The first kappa shape index (κ1) is 12.9. The van der Waals surface area contributed by atoms with E-state index in [4.69, 9.17) is 0 Å². The van der Waals surface area contributed by atoms with Crippen LogP contribution in [0.1, 0.15) is 46.2 Å². The van der Waals surface area contributed by atoms with Gasteiger partial charge >= 0.3 is 0 Å². The van der Waals surface area contributed by atoms with Gasteiger partial charge in [-0.05, 0) is 49.9 Å². The van der Waals surface area contributed by atoms with Crippen LogP contribution in [0.25, 0.3) is 0 Å². The van der Waals surface area contributed by atoms with Gasteiger partial charge in [0.25, 0.3) is 0 Å². The Morgan fingerprint density at radius 1 is 0.667 bits per heavy atom. The van der Waals surface area contributed by atoms with Gasteiger partial charge in [0.15, 0.2) is 0 Å². The second kappa shape index (κ2) is 4.97. The SMILES string of the molecule is Cc1ccc(C)c(C(C)c2cc(C)ccc2C)c1. The average Bonchev–Trinajstić information content (AvgIpc) is 2.34. The van der Waals surface area contributed by atoms with E-state index in [-0.39, 0.29) is 0 Å². The van der Waals surface area contributed by atoms with Crippen LogP contribution in [0.2, 0.25) is 0 Å². The molecule has 2 aromatic carbocycles. The number of rotatable bonds is 2. The van der Waals surface area contributed by atoms with E-state index < -0.39 is 0 Å². The molecule has 0 saturated carbocycles. The lowest BCUT2D eigenvalue weighted by Crippen LogP contribution is -2.02. The maximum absolute atomic E-state index is 2.32. The van der Waals surface area contributed by atoms with Gasteiger partial charge in [-0.2, -0.15) is 0 Å². The lowest BCUT2D eigenvalue weighted by molar-refractivity contribution is 0.894. The molecule has 18 heavy (non-hydrogen) atoms. The minimum Gasteiger partial charge on any atom is -0.0590 e. The van der Waals surface area contributed by atoms with Crippen molar-refractivity contribution in [2.24, 2.45) is 0 Å². The lowest BCUT2D eigenvalue weighted by atomic mass is 9.86. The highest BCUT2D eigenvalue weighted by atomic mass is 14.2. The van der Waals surface area contributed by atoms with Gasteiger partial charge in [0.2, 0.25) is 0 Å². The van der Waals surface area contributed by atoms with Crippen molar-refractivity contribution in [1.82, 2.24) is 0 Å². The van der Waals surface area contributed by atoms with Gasteiger partial charge in [-0.3, -0.25) is 0 Å². The molecule has 2 rings (SSSR count). The molecule has 0 saturated heterocycles. The second-order valence-corrected chi connectivity index (χ2v) is 5.44. The van der Waals surface area contributed by atoms with Crippen molar-refractivity contribution < 1.29 is 0 Å². The summed E-state index contributed by atoms with van der Waals surface area (Å²) in [6, 6.07) is 13.5. The Labute approximate surface area is 111 Å². The molecule has 0 atom stereocenters. The summed E-state index contributed by atoms with van der Waals surface area (Å²) in [5, 5.41) is 0. The zero-order valence-electron chi connectivity index (χ0n) is 12.0. The molecule has 94 valence electrons. The highest BCUT2D eigenvalue weighted by Crippen LogP contribution is 2.30. The van der Waals surface area contributed by atoms with E-state index >= 15 is 0 Å². The molecule has 0 nitrogen and oxygen atoms in total. The van der Waals surface area contributed by atoms with Crippen molar-refractivity contribution in [1.29, 1.82) is 0 Å². The number of hydrogen-bond acceptors (Lipinski definition) is 0. The van der Waals surface area contributed by atoms with Gasteiger partial charge in [-0.25, -0.2) is 0 Å². The van der Waals surface area contributed by atoms with Gasteiger partial charge in [0, 0.05) is 5.92 Å². The molecular weight excluding hydrogens is 216 g/mol. The van der Waals surface area contributed by atoms with E-state index in [1.807, 2.05) is 0 Å². The largest absolute Gasteiger partial charge is 0.0590 e. The predicted molar refractivity (Wildman–Crippen MR) is 79.3 cm³/mol. The fraction of sp³-hybridized carbons (Fsp3) is 0.333. The van der Waals surface area contributed by atoms with Crippen LogP contribution < -0.4 is 0 Å². The van der Waals surface area contributed by atoms with Crippen LogP contribution in [-0.2, 0) is 0 Å². The first-order valence-corrected chi connectivity index (χ1v) is 6.63. The molecule has 0 radical (unpaired) electrons. The molecule has 0 aliphatic carbocycles. The van der Waals surface area contributed by atoms with Crippen LogP contribution in [0, 0.1) is 27.7 Å². The fourth-order valence-corrected chi connectivity index (χ4v) is 2.62. The zero-order chi connectivity index (χ0) is 13.3. The first-order valence-electron chi connectivity index (χ1n) is 6.63. The van der Waals surface area contributed by atoms with Gasteiger partial charge in [-0.15, -0.1) is 0 Å². The summed E-state index contributed by atoms with van der Waals surface area (Å²) in [7, 11) is 0. The highest BCUT2D eigenvalue weighted by Gasteiger charge is 2.13. The number of aryl methyl sites for hydroxylation is 4. The third kappa shape index (κ3) is 2.48. The monoisotopic (exact) mass is 238 g/mol. The first-order chi connectivity index (χ1) is 8.49. The molecule has 0 heteroatoms. The van der Waals surface area contributed by atoms with Crippen LogP contribution >= 0.6 is 0 Å². The van der Waals surface area contributed by atoms with E-state index in [2.05, 4.69) is 71.0 Å². The Morgan fingerprint density at radius 2 is 1.06 bits per heavy atom. The molecule has 2 aromatic rings. The molecule has 0 amide bonds. The zero-order valence-corrected chi connectivity index (χ0v) is 12.0. The molecule has 0 bridgehead atoms. The van der Waals surface area contributed by atoms with E-state index in [0.717, 1.165) is 0 Å². The van der Waals surface area contributed by atoms with Crippen molar-refractivity contribution in [2.45, 2.75) is 40.5 Å². The average molecular weight is 238 g/mol. The van der Waals surface area contributed by atoms with Crippen molar-refractivity contribution in [2.75, 3.05) is 0 Å². The van der Waals surface area contributed by atoms with Crippen molar-refractivity contribution in [3.05, 3.63) is 69.8 Å². The smallest absolute Gasteiger partial charge is 0.00664 e. The van der Waals surface area contributed by atoms with Crippen LogP contribution in [0.15, 0.2) is 36.4 Å². The Balaban J connectivity index is 2.50. The van der Waals surface area contributed by atoms with Crippen LogP contribution in [0.4, 0.5) is 0 Å². The second-order valence-electron chi connectivity index (χ2n) is 5.44. The minimum atomic E-state index is 0.463. The van der Waals surface area contributed by atoms with E-state index in [0.29, 0.717) is 5.92 Å². The van der Waals surface area contributed by atoms with E-state index in [1.54, 1.807) is 0 Å². The maximum Gasteiger partial charge on any atom is 0.00664 e. The van der Waals surface area contributed by atoms with Gasteiger partial charge < -0.3 is 0 Å².